The van der Waals surface area contributed by atoms with E-state index in [-0.39, 0.29) is 22.4 Å². The molecule has 148 valence electrons. The largest absolute Gasteiger partial charge is 0.507 e. The SMILES string of the molecule is CC/C(=C(F)/C=C/C(C)=C(/C)F)c1cc2c(cc1O)C(C)(C)CCC2(C)C. The number of halogens is 2. The molecule has 1 N–H and O–H groups in total. The summed E-state index contributed by atoms with van der Waals surface area (Å²) in [7, 11) is 0. The number of allylic oxidation sites excluding steroid dienone is 6. The Kier molecular flexibility index (Phi) is 6.03. The fourth-order valence-corrected chi connectivity index (χ4v) is 3.75. The summed E-state index contributed by atoms with van der Waals surface area (Å²) in [5.41, 5.74) is 3.62. The zero-order chi connectivity index (χ0) is 20.6. The molecule has 0 atom stereocenters. The lowest BCUT2D eigenvalue weighted by atomic mass is 9.62. The minimum Gasteiger partial charge on any atom is -0.507 e. The third-order valence-electron chi connectivity index (χ3n) is 5.96. The Balaban J connectivity index is 2.64. The van der Waals surface area contributed by atoms with E-state index in [2.05, 4.69) is 27.7 Å². The number of phenols is 1. The van der Waals surface area contributed by atoms with Crippen molar-refractivity contribution in [2.24, 2.45) is 0 Å². The second-order valence-corrected chi connectivity index (χ2v) is 8.91. The standard InChI is InChI=1S/C24H32F2O/c1-8-17(21(26)10-9-15(2)16(3)25)18-13-19-20(14-22(18)27)24(6,7)12-11-23(19,4)5/h9-10,13-14,27H,8,11-12H2,1-7H3/b10-9+,16-15-,21-17+. The first kappa shape index (κ1) is 21.4. The molecule has 0 aromatic heterocycles. The van der Waals surface area contributed by atoms with Crippen LogP contribution in [0.2, 0.25) is 0 Å². The second kappa shape index (κ2) is 7.61. The van der Waals surface area contributed by atoms with Crippen molar-refractivity contribution in [3.05, 3.63) is 58.2 Å². The van der Waals surface area contributed by atoms with Gasteiger partial charge >= 0.3 is 0 Å². The minimum atomic E-state index is -0.443. The zero-order valence-electron chi connectivity index (χ0n) is 17.6. The van der Waals surface area contributed by atoms with Crippen molar-refractivity contribution in [2.75, 3.05) is 0 Å². The average Bonchev–Trinajstić information content (AvgIpc) is 2.58. The number of aromatic hydroxyl groups is 1. The van der Waals surface area contributed by atoms with Gasteiger partial charge in [-0.3, -0.25) is 0 Å². The number of fused-ring (bicyclic) bond motifs is 1. The molecule has 0 unspecified atom stereocenters. The molecule has 0 aliphatic heterocycles. The maximum Gasteiger partial charge on any atom is 0.127 e. The van der Waals surface area contributed by atoms with Gasteiger partial charge in [0, 0.05) is 5.56 Å². The molecule has 1 aromatic carbocycles. The van der Waals surface area contributed by atoms with Crippen LogP contribution in [-0.4, -0.2) is 5.11 Å². The fourth-order valence-electron chi connectivity index (χ4n) is 3.75. The Morgan fingerprint density at radius 3 is 2.00 bits per heavy atom. The van der Waals surface area contributed by atoms with E-state index in [0.29, 0.717) is 23.1 Å². The molecule has 0 fully saturated rings. The van der Waals surface area contributed by atoms with Gasteiger partial charge in [0.15, 0.2) is 0 Å². The van der Waals surface area contributed by atoms with Gasteiger partial charge in [-0.05, 0) is 84.4 Å². The summed E-state index contributed by atoms with van der Waals surface area (Å²) in [6.07, 6.45) is 5.25. The van der Waals surface area contributed by atoms with Gasteiger partial charge < -0.3 is 5.11 Å². The number of benzene rings is 1. The zero-order valence-corrected chi connectivity index (χ0v) is 17.6. The van der Waals surface area contributed by atoms with Gasteiger partial charge in [0.05, 0.1) is 5.83 Å². The van der Waals surface area contributed by atoms with Crippen molar-refractivity contribution in [2.45, 2.75) is 78.6 Å². The van der Waals surface area contributed by atoms with Crippen LogP contribution in [0.5, 0.6) is 5.75 Å². The van der Waals surface area contributed by atoms with Crippen LogP contribution in [0, 0.1) is 0 Å². The maximum absolute atomic E-state index is 14.9. The molecule has 0 radical (unpaired) electrons. The first-order valence-electron chi connectivity index (χ1n) is 9.68. The Morgan fingerprint density at radius 2 is 1.52 bits per heavy atom. The molecule has 0 amide bonds. The molecule has 0 saturated carbocycles. The van der Waals surface area contributed by atoms with Crippen LogP contribution in [0.15, 0.2) is 41.5 Å². The second-order valence-electron chi connectivity index (χ2n) is 8.91. The number of phenolic OH excluding ortho intramolecular Hbond substituents is 1. The monoisotopic (exact) mass is 374 g/mol. The summed E-state index contributed by atoms with van der Waals surface area (Å²) in [6, 6.07) is 3.77. The van der Waals surface area contributed by atoms with E-state index in [1.54, 1.807) is 6.92 Å². The average molecular weight is 375 g/mol. The molecule has 1 aliphatic carbocycles. The van der Waals surface area contributed by atoms with Gasteiger partial charge in [-0.15, -0.1) is 0 Å². The molecule has 1 nitrogen and oxygen atoms in total. The molecule has 1 aromatic rings. The van der Waals surface area contributed by atoms with Crippen LogP contribution in [-0.2, 0) is 10.8 Å². The van der Waals surface area contributed by atoms with Gasteiger partial charge in [-0.1, -0.05) is 40.7 Å². The molecule has 0 spiro atoms. The van der Waals surface area contributed by atoms with E-state index >= 15 is 0 Å². The van der Waals surface area contributed by atoms with Crippen molar-refractivity contribution < 1.29 is 13.9 Å². The molecule has 1 aliphatic rings. The molecule has 3 heteroatoms. The summed E-state index contributed by atoms with van der Waals surface area (Å²) in [5.74, 6) is -0.673. The first-order valence-corrected chi connectivity index (χ1v) is 9.68. The third-order valence-corrected chi connectivity index (χ3v) is 5.96. The predicted octanol–water partition coefficient (Wildman–Crippen LogP) is 7.65. The Labute approximate surface area is 162 Å². The molecule has 27 heavy (non-hydrogen) atoms. The Morgan fingerprint density at radius 1 is 1.00 bits per heavy atom. The van der Waals surface area contributed by atoms with E-state index in [1.807, 2.05) is 19.1 Å². The highest BCUT2D eigenvalue weighted by Crippen LogP contribution is 2.48. The fraction of sp³-hybridized carbons (Fsp3) is 0.500. The lowest BCUT2D eigenvalue weighted by molar-refractivity contribution is 0.329. The number of hydrogen-bond acceptors (Lipinski definition) is 1. The van der Waals surface area contributed by atoms with Crippen LogP contribution in [0.1, 0.15) is 84.4 Å². The normalized spacial score (nSPS) is 20.2. The summed E-state index contributed by atoms with van der Waals surface area (Å²) in [5, 5.41) is 10.7. The lowest BCUT2D eigenvalue weighted by Gasteiger charge is -2.42. The predicted molar refractivity (Wildman–Crippen MR) is 110 cm³/mol. The maximum atomic E-state index is 14.9. The molecular formula is C24H32F2O. The molecule has 0 heterocycles. The van der Waals surface area contributed by atoms with Crippen LogP contribution in [0.3, 0.4) is 0 Å². The van der Waals surface area contributed by atoms with Crippen molar-refractivity contribution in [1.82, 2.24) is 0 Å². The molecule has 0 bridgehead atoms. The van der Waals surface area contributed by atoms with E-state index in [0.717, 1.165) is 18.4 Å². The van der Waals surface area contributed by atoms with Gasteiger partial charge in [-0.2, -0.15) is 0 Å². The van der Waals surface area contributed by atoms with Gasteiger partial charge in [0.2, 0.25) is 0 Å². The van der Waals surface area contributed by atoms with E-state index in [4.69, 9.17) is 0 Å². The van der Waals surface area contributed by atoms with E-state index in [1.165, 1.54) is 24.6 Å². The number of hydrogen-bond donors (Lipinski definition) is 1. The van der Waals surface area contributed by atoms with Crippen LogP contribution >= 0.6 is 0 Å². The van der Waals surface area contributed by atoms with Crippen molar-refractivity contribution >= 4 is 5.57 Å². The summed E-state index contributed by atoms with van der Waals surface area (Å²) in [4.78, 5) is 0. The topological polar surface area (TPSA) is 20.2 Å². The molecule has 2 rings (SSSR count). The highest BCUT2D eigenvalue weighted by Gasteiger charge is 2.38. The Hall–Kier alpha value is -1.90. The third kappa shape index (κ3) is 4.34. The first-order chi connectivity index (χ1) is 12.4. The van der Waals surface area contributed by atoms with E-state index in [9.17, 15) is 13.9 Å². The number of rotatable bonds is 4. The summed E-state index contributed by atoms with van der Waals surface area (Å²) in [6.45, 7) is 13.6. The Bertz CT molecular complexity index is 819. The minimum absolute atomic E-state index is 0.0179. The quantitative estimate of drug-likeness (QED) is 0.537. The molecular weight excluding hydrogens is 342 g/mol. The van der Waals surface area contributed by atoms with Crippen LogP contribution in [0.25, 0.3) is 5.57 Å². The highest BCUT2D eigenvalue weighted by atomic mass is 19.1. The molecule has 0 saturated heterocycles. The van der Waals surface area contributed by atoms with Gasteiger partial charge in [-0.25, -0.2) is 8.78 Å². The van der Waals surface area contributed by atoms with Crippen molar-refractivity contribution in [3.8, 4) is 5.75 Å². The smallest absolute Gasteiger partial charge is 0.127 e. The van der Waals surface area contributed by atoms with E-state index < -0.39 is 5.83 Å². The van der Waals surface area contributed by atoms with Crippen molar-refractivity contribution in [1.29, 1.82) is 0 Å². The van der Waals surface area contributed by atoms with Crippen LogP contribution in [0.4, 0.5) is 8.78 Å². The summed E-state index contributed by atoms with van der Waals surface area (Å²) >= 11 is 0. The summed E-state index contributed by atoms with van der Waals surface area (Å²) < 4.78 is 28.1. The van der Waals surface area contributed by atoms with Crippen LogP contribution < -0.4 is 0 Å². The van der Waals surface area contributed by atoms with Gasteiger partial charge in [0.25, 0.3) is 0 Å². The lowest BCUT2D eigenvalue weighted by Crippen LogP contribution is -2.33. The highest BCUT2D eigenvalue weighted by molar-refractivity contribution is 5.75. The van der Waals surface area contributed by atoms with Crippen molar-refractivity contribution in [3.63, 3.8) is 0 Å². The van der Waals surface area contributed by atoms with Gasteiger partial charge in [0.1, 0.15) is 11.6 Å².